The van der Waals surface area contributed by atoms with Crippen LogP contribution in [-0.4, -0.2) is 31.6 Å². The van der Waals surface area contributed by atoms with Crippen molar-refractivity contribution in [3.63, 3.8) is 0 Å². The topological polar surface area (TPSA) is 72.5 Å². The summed E-state index contributed by atoms with van der Waals surface area (Å²) in [5, 5.41) is 5.78. The molecule has 0 aliphatic rings. The second-order valence-corrected chi connectivity index (χ2v) is 4.92. The van der Waals surface area contributed by atoms with Crippen LogP contribution in [-0.2, 0) is 11.4 Å². The molecule has 0 atom stereocenters. The van der Waals surface area contributed by atoms with Gasteiger partial charge in [-0.1, -0.05) is 6.07 Å². The normalized spacial score (nSPS) is 10.2. The first kappa shape index (κ1) is 16.8. The van der Waals surface area contributed by atoms with Crippen LogP contribution in [0.5, 0.6) is 11.5 Å². The van der Waals surface area contributed by atoms with E-state index < -0.39 is 0 Å². The van der Waals surface area contributed by atoms with Crippen molar-refractivity contribution in [3.8, 4) is 11.5 Å². The first-order valence-electron chi connectivity index (χ1n) is 7.37. The number of amides is 1. The zero-order chi connectivity index (χ0) is 16.5. The Bertz CT molecular complexity index is 632. The van der Waals surface area contributed by atoms with Crippen molar-refractivity contribution in [3.05, 3.63) is 48.3 Å². The van der Waals surface area contributed by atoms with E-state index in [2.05, 4.69) is 15.6 Å². The predicted octanol–water partition coefficient (Wildman–Crippen LogP) is 2.22. The Kier molecular flexibility index (Phi) is 6.38. The van der Waals surface area contributed by atoms with Gasteiger partial charge in [0, 0.05) is 42.7 Å². The molecule has 0 aliphatic heterocycles. The largest absolute Gasteiger partial charge is 0.493 e. The Labute approximate surface area is 135 Å². The van der Waals surface area contributed by atoms with Gasteiger partial charge in [-0.2, -0.15) is 0 Å². The van der Waals surface area contributed by atoms with E-state index in [0.29, 0.717) is 36.8 Å². The molecule has 1 heterocycles. The average molecular weight is 315 g/mol. The predicted molar refractivity (Wildman–Crippen MR) is 88.7 cm³/mol. The van der Waals surface area contributed by atoms with Crippen LogP contribution in [0.3, 0.4) is 0 Å². The summed E-state index contributed by atoms with van der Waals surface area (Å²) in [6.07, 6.45) is 3.87. The van der Waals surface area contributed by atoms with Crippen LogP contribution in [0.2, 0.25) is 0 Å². The molecular formula is C17H21N3O3. The second-order valence-electron chi connectivity index (χ2n) is 4.92. The summed E-state index contributed by atoms with van der Waals surface area (Å²) in [7, 11) is 3.39. The van der Waals surface area contributed by atoms with Crippen LogP contribution in [0.1, 0.15) is 12.0 Å². The van der Waals surface area contributed by atoms with Gasteiger partial charge in [-0.25, -0.2) is 0 Å². The summed E-state index contributed by atoms with van der Waals surface area (Å²) in [6, 6.07) is 9.10. The van der Waals surface area contributed by atoms with Gasteiger partial charge in [-0.05, 0) is 25.2 Å². The Morgan fingerprint density at radius 2 is 2.13 bits per heavy atom. The number of carbonyl (C=O) groups is 1. The molecule has 1 aromatic heterocycles. The maximum atomic E-state index is 11.8. The van der Waals surface area contributed by atoms with Crippen molar-refractivity contribution in [2.75, 3.05) is 26.0 Å². The molecule has 0 saturated heterocycles. The molecule has 0 fully saturated rings. The molecule has 1 amide bonds. The summed E-state index contributed by atoms with van der Waals surface area (Å²) in [4.78, 5) is 15.8. The summed E-state index contributed by atoms with van der Waals surface area (Å²) < 4.78 is 11.1. The van der Waals surface area contributed by atoms with Crippen LogP contribution in [0.15, 0.2) is 42.7 Å². The lowest BCUT2D eigenvalue weighted by atomic mass is 10.2. The molecule has 6 heteroatoms. The molecule has 1 aromatic carbocycles. The molecular weight excluding hydrogens is 294 g/mol. The number of nitrogens with zero attached hydrogens (tertiary/aromatic N) is 1. The molecule has 0 unspecified atom stereocenters. The fraction of sp³-hybridized carbons (Fsp3) is 0.294. The quantitative estimate of drug-likeness (QED) is 0.781. The monoisotopic (exact) mass is 315 g/mol. The zero-order valence-corrected chi connectivity index (χ0v) is 13.3. The number of hydrogen-bond acceptors (Lipinski definition) is 5. The minimum absolute atomic E-state index is 0.0530. The summed E-state index contributed by atoms with van der Waals surface area (Å²) in [6.45, 7) is 1.01. The first-order chi connectivity index (χ1) is 11.2. The number of aromatic nitrogens is 1. The number of pyridine rings is 1. The molecule has 0 bridgehead atoms. The Hall–Kier alpha value is -2.60. The minimum Gasteiger partial charge on any atom is -0.493 e. The van der Waals surface area contributed by atoms with Crippen LogP contribution >= 0.6 is 0 Å². The van der Waals surface area contributed by atoms with E-state index in [1.165, 1.54) is 0 Å². The van der Waals surface area contributed by atoms with Gasteiger partial charge in [-0.3, -0.25) is 9.78 Å². The maximum Gasteiger partial charge on any atom is 0.225 e. The molecule has 23 heavy (non-hydrogen) atoms. The lowest BCUT2D eigenvalue weighted by Gasteiger charge is -2.13. The standard InChI is InChI=1S/C17H21N3O3/c1-18-9-7-17(21)20-14-5-6-15(22-2)16(10-14)23-12-13-4-3-8-19-11-13/h3-6,8,10-11,18H,7,9,12H2,1-2H3,(H,20,21). The fourth-order valence-electron chi connectivity index (χ4n) is 1.97. The van der Waals surface area contributed by atoms with Gasteiger partial charge in [0.05, 0.1) is 7.11 Å². The van der Waals surface area contributed by atoms with E-state index in [0.717, 1.165) is 5.56 Å². The van der Waals surface area contributed by atoms with Crippen molar-refractivity contribution in [2.45, 2.75) is 13.0 Å². The van der Waals surface area contributed by atoms with Crippen LogP contribution in [0.25, 0.3) is 0 Å². The second kappa shape index (κ2) is 8.75. The van der Waals surface area contributed by atoms with Crippen molar-refractivity contribution < 1.29 is 14.3 Å². The number of ether oxygens (including phenoxy) is 2. The van der Waals surface area contributed by atoms with Crippen molar-refractivity contribution in [1.82, 2.24) is 10.3 Å². The number of nitrogens with one attached hydrogen (secondary N) is 2. The molecule has 2 N–H and O–H groups in total. The number of benzene rings is 1. The third-order valence-corrected chi connectivity index (χ3v) is 3.17. The van der Waals surface area contributed by atoms with Gasteiger partial charge in [0.2, 0.25) is 5.91 Å². The summed E-state index contributed by atoms with van der Waals surface area (Å²) in [5.74, 6) is 1.13. The number of rotatable bonds is 8. The fourth-order valence-corrected chi connectivity index (χ4v) is 1.97. The molecule has 2 rings (SSSR count). The molecule has 0 saturated carbocycles. The molecule has 122 valence electrons. The van der Waals surface area contributed by atoms with E-state index >= 15 is 0 Å². The molecule has 0 radical (unpaired) electrons. The highest BCUT2D eigenvalue weighted by Crippen LogP contribution is 2.30. The number of methoxy groups -OCH3 is 1. The number of carbonyl (C=O) groups excluding carboxylic acids is 1. The highest BCUT2D eigenvalue weighted by Gasteiger charge is 2.08. The number of anilines is 1. The van der Waals surface area contributed by atoms with E-state index in [4.69, 9.17) is 9.47 Å². The third-order valence-electron chi connectivity index (χ3n) is 3.17. The van der Waals surface area contributed by atoms with E-state index in [1.807, 2.05) is 19.2 Å². The van der Waals surface area contributed by atoms with E-state index in [9.17, 15) is 4.79 Å². The lowest BCUT2D eigenvalue weighted by Crippen LogP contribution is -2.18. The maximum absolute atomic E-state index is 11.8. The minimum atomic E-state index is -0.0530. The smallest absolute Gasteiger partial charge is 0.225 e. The highest BCUT2D eigenvalue weighted by atomic mass is 16.5. The molecule has 2 aromatic rings. The zero-order valence-electron chi connectivity index (χ0n) is 13.3. The van der Waals surface area contributed by atoms with E-state index in [1.54, 1.807) is 37.7 Å². The van der Waals surface area contributed by atoms with Gasteiger partial charge >= 0.3 is 0 Å². The summed E-state index contributed by atoms with van der Waals surface area (Å²) in [5.41, 5.74) is 1.63. The molecule has 0 spiro atoms. The first-order valence-corrected chi connectivity index (χ1v) is 7.37. The highest BCUT2D eigenvalue weighted by molar-refractivity contribution is 5.91. The van der Waals surface area contributed by atoms with Gasteiger partial charge in [0.15, 0.2) is 11.5 Å². The van der Waals surface area contributed by atoms with Crippen LogP contribution in [0.4, 0.5) is 5.69 Å². The van der Waals surface area contributed by atoms with Gasteiger partial charge in [0.25, 0.3) is 0 Å². The third kappa shape index (κ3) is 5.27. The lowest BCUT2D eigenvalue weighted by molar-refractivity contribution is -0.116. The molecule has 0 aliphatic carbocycles. The van der Waals surface area contributed by atoms with Gasteiger partial charge < -0.3 is 20.1 Å². The SMILES string of the molecule is CNCCC(=O)Nc1ccc(OC)c(OCc2cccnc2)c1. The van der Waals surface area contributed by atoms with Crippen LogP contribution < -0.4 is 20.1 Å². The van der Waals surface area contributed by atoms with Gasteiger partial charge in [0.1, 0.15) is 6.61 Å². The Balaban J connectivity index is 2.04. The average Bonchev–Trinajstić information content (AvgIpc) is 2.59. The molecule has 6 nitrogen and oxygen atoms in total. The van der Waals surface area contributed by atoms with Crippen molar-refractivity contribution in [1.29, 1.82) is 0 Å². The van der Waals surface area contributed by atoms with Crippen LogP contribution in [0, 0.1) is 0 Å². The van der Waals surface area contributed by atoms with Crippen molar-refractivity contribution in [2.24, 2.45) is 0 Å². The summed E-state index contributed by atoms with van der Waals surface area (Å²) >= 11 is 0. The number of hydrogen-bond donors (Lipinski definition) is 2. The Morgan fingerprint density at radius 3 is 2.83 bits per heavy atom. The van der Waals surface area contributed by atoms with E-state index in [-0.39, 0.29) is 5.91 Å². The van der Waals surface area contributed by atoms with Crippen molar-refractivity contribution >= 4 is 11.6 Å². The Morgan fingerprint density at radius 1 is 1.26 bits per heavy atom. The van der Waals surface area contributed by atoms with Gasteiger partial charge in [-0.15, -0.1) is 0 Å².